The van der Waals surface area contributed by atoms with E-state index in [1.807, 2.05) is 4.90 Å². The molecule has 0 unspecified atom stereocenters. The molecule has 6 nitrogen and oxygen atoms in total. The van der Waals surface area contributed by atoms with Crippen LogP contribution in [0.4, 0.5) is 5.82 Å². The second-order valence-corrected chi connectivity index (χ2v) is 7.39. The van der Waals surface area contributed by atoms with Gasteiger partial charge in [0.1, 0.15) is 5.82 Å². The first-order valence-electron chi connectivity index (χ1n) is 9.02. The number of hydrogen-bond donors (Lipinski definition) is 1. The zero-order valence-electron chi connectivity index (χ0n) is 14.4. The average Bonchev–Trinajstić information content (AvgIpc) is 2.62. The molecule has 2 N–H and O–H groups in total. The van der Waals surface area contributed by atoms with Crippen LogP contribution in [0, 0.1) is 5.92 Å². The maximum absolute atomic E-state index is 12.6. The molecule has 0 bridgehead atoms. The van der Waals surface area contributed by atoms with E-state index in [1.54, 1.807) is 12.3 Å². The molecule has 0 aliphatic carbocycles. The first-order chi connectivity index (χ1) is 12.0. The number of likely N-dealkylation sites (tertiary alicyclic amines) is 1. The van der Waals surface area contributed by atoms with Crippen molar-refractivity contribution < 1.29 is 9.59 Å². The molecule has 0 aromatic carbocycles. The van der Waals surface area contributed by atoms with Crippen LogP contribution in [0.1, 0.15) is 48.9 Å². The minimum atomic E-state index is -0.241. The van der Waals surface area contributed by atoms with Crippen molar-refractivity contribution >= 4 is 29.2 Å². The standard InChI is InChI=1S/C18H25ClN4O2/c19-15-11-14(18(25)23-6-2-1-3-7-23)12-21-17(15)22-8-4-13(5-9-22)10-16(20)24/h11-13H,1-10H2,(H2,20,24). The van der Waals surface area contributed by atoms with Gasteiger partial charge in [0.25, 0.3) is 5.91 Å². The molecular weight excluding hydrogens is 340 g/mol. The van der Waals surface area contributed by atoms with Crippen LogP contribution in [-0.2, 0) is 4.79 Å². The van der Waals surface area contributed by atoms with E-state index in [0.717, 1.165) is 57.7 Å². The van der Waals surface area contributed by atoms with Crippen LogP contribution >= 0.6 is 11.6 Å². The molecule has 1 aromatic heterocycles. The number of nitrogens with two attached hydrogens (primary N) is 1. The molecule has 2 fully saturated rings. The van der Waals surface area contributed by atoms with Gasteiger partial charge >= 0.3 is 0 Å². The lowest BCUT2D eigenvalue weighted by molar-refractivity contribution is -0.119. The number of carbonyl (C=O) groups excluding carboxylic acids is 2. The fourth-order valence-corrected chi connectivity index (χ4v) is 3.98. The number of hydrogen-bond acceptors (Lipinski definition) is 4. The Balaban J connectivity index is 1.64. The van der Waals surface area contributed by atoms with E-state index < -0.39 is 0 Å². The highest BCUT2D eigenvalue weighted by atomic mass is 35.5. The van der Waals surface area contributed by atoms with Crippen molar-refractivity contribution in [2.45, 2.75) is 38.5 Å². The number of pyridine rings is 1. The number of aromatic nitrogens is 1. The quantitative estimate of drug-likeness (QED) is 0.889. The molecule has 1 aromatic rings. The number of amides is 2. The molecular formula is C18H25ClN4O2. The Kier molecular flexibility index (Phi) is 5.78. The van der Waals surface area contributed by atoms with Crippen LogP contribution in [-0.4, -0.2) is 47.9 Å². The van der Waals surface area contributed by atoms with E-state index in [9.17, 15) is 9.59 Å². The molecule has 0 radical (unpaired) electrons. The van der Waals surface area contributed by atoms with Crippen LogP contribution in [0.3, 0.4) is 0 Å². The summed E-state index contributed by atoms with van der Waals surface area (Å²) in [4.78, 5) is 32.1. The third kappa shape index (κ3) is 4.42. The van der Waals surface area contributed by atoms with Gasteiger partial charge in [-0.3, -0.25) is 9.59 Å². The van der Waals surface area contributed by atoms with Crippen molar-refractivity contribution in [2.24, 2.45) is 11.7 Å². The van der Waals surface area contributed by atoms with Crippen LogP contribution in [0.15, 0.2) is 12.3 Å². The zero-order valence-corrected chi connectivity index (χ0v) is 15.2. The van der Waals surface area contributed by atoms with Gasteiger partial charge in [-0.1, -0.05) is 11.6 Å². The lowest BCUT2D eigenvalue weighted by Gasteiger charge is -2.33. The van der Waals surface area contributed by atoms with Gasteiger partial charge < -0.3 is 15.5 Å². The first kappa shape index (κ1) is 18.0. The minimum absolute atomic E-state index is 0.0146. The SMILES string of the molecule is NC(=O)CC1CCN(c2ncc(C(=O)N3CCCCC3)cc2Cl)CC1. The van der Waals surface area contributed by atoms with Crippen LogP contribution in [0.5, 0.6) is 0 Å². The summed E-state index contributed by atoms with van der Waals surface area (Å²) in [5, 5.41) is 0.510. The van der Waals surface area contributed by atoms with Crippen LogP contribution in [0.25, 0.3) is 0 Å². The summed E-state index contributed by atoms with van der Waals surface area (Å²) in [7, 11) is 0. The van der Waals surface area contributed by atoms with Gasteiger partial charge in [-0.05, 0) is 44.1 Å². The molecule has 3 rings (SSSR count). The van der Waals surface area contributed by atoms with Crippen molar-refractivity contribution in [3.8, 4) is 0 Å². The minimum Gasteiger partial charge on any atom is -0.370 e. The molecule has 2 aliphatic rings. The number of halogens is 1. The molecule has 2 amide bonds. The molecule has 25 heavy (non-hydrogen) atoms. The van der Waals surface area contributed by atoms with E-state index in [-0.39, 0.29) is 11.8 Å². The molecule has 136 valence electrons. The fourth-order valence-electron chi connectivity index (χ4n) is 3.69. The lowest BCUT2D eigenvalue weighted by Crippen LogP contribution is -2.36. The van der Waals surface area contributed by atoms with Crippen molar-refractivity contribution in [3.63, 3.8) is 0 Å². The second-order valence-electron chi connectivity index (χ2n) is 6.98. The molecule has 7 heteroatoms. The Hall–Kier alpha value is -1.82. The Labute approximate surface area is 153 Å². The number of rotatable bonds is 4. The average molecular weight is 365 g/mol. The highest BCUT2D eigenvalue weighted by molar-refractivity contribution is 6.33. The van der Waals surface area contributed by atoms with Gasteiger partial charge in [0.05, 0.1) is 10.6 Å². The maximum Gasteiger partial charge on any atom is 0.255 e. The summed E-state index contributed by atoms with van der Waals surface area (Å²) < 4.78 is 0. The summed E-state index contributed by atoms with van der Waals surface area (Å²) in [5.74, 6) is 0.831. The number of primary amides is 1. The molecule has 0 atom stereocenters. The van der Waals surface area contributed by atoms with Gasteiger partial charge in [-0.2, -0.15) is 0 Å². The summed E-state index contributed by atoms with van der Waals surface area (Å²) in [6.45, 7) is 3.21. The number of carbonyl (C=O) groups is 2. The van der Waals surface area contributed by atoms with E-state index in [1.165, 1.54) is 6.42 Å². The van der Waals surface area contributed by atoms with Crippen LogP contribution < -0.4 is 10.6 Å². The topological polar surface area (TPSA) is 79.5 Å². The maximum atomic E-state index is 12.6. The van der Waals surface area contributed by atoms with Gasteiger partial charge in [0.15, 0.2) is 0 Å². The predicted molar refractivity (Wildman–Crippen MR) is 97.7 cm³/mol. The third-order valence-corrected chi connectivity index (χ3v) is 5.39. The summed E-state index contributed by atoms with van der Waals surface area (Å²) in [5.41, 5.74) is 5.83. The monoisotopic (exact) mass is 364 g/mol. The van der Waals surface area contributed by atoms with E-state index >= 15 is 0 Å². The zero-order chi connectivity index (χ0) is 17.8. The van der Waals surface area contributed by atoms with E-state index in [4.69, 9.17) is 17.3 Å². The lowest BCUT2D eigenvalue weighted by atomic mass is 9.93. The molecule has 2 aliphatic heterocycles. The van der Waals surface area contributed by atoms with E-state index in [2.05, 4.69) is 9.88 Å². The Morgan fingerprint density at radius 3 is 2.44 bits per heavy atom. The number of anilines is 1. The van der Waals surface area contributed by atoms with Crippen molar-refractivity contribution in [2.75, 3.05) is 31.1 Å². The smallest absolute Gasteiger partial charge is 0.255 e. The number of piperidine rings is 2. The van der Waals surface area contributed by atoms with Gasteiger partial charge in [0, 0.05) is 38.8 Å². The highest BCUT2D eigenvalue weighted by Gasteiger charge is 2.24. The molecule has 2 saturated heterocycles. The summed E-state index contributed by atoms with van der Waals surface area (Å²) >= 11 is 6.42. The Bertz CT molecular complexity index is 638. The molecule has 3 heterocycles. The predicted octanol–water partition coefficient (Wildman–Crippen LogP) is 2.45. The molecule has 0 spiro atoms. The summed E-state index contributed by atoms with van der Waals surface area (Å²) in [6, 6.07) is 1.73. The van der Waals surface area contributed by atoms with Crippen LogP contribution in [0.2, 0.25) is 5.02 Å². The first-order valence-corrected chi connectivity index (χ1v) is 9.40. The van der Waals surface area contributed by atoms with Gasteiger partial charge in [-0.15, -0.1) is 0 Å². The summed E-state index contributed by atoms with van der Waals surface area (Å²) in [6.07, 6.45) is 7.18. The Morgan fingerprint density at radius 1 is 1.16 bits per heavy atom. The van der Waals surface area contributed by atoms with Gasteiger partial charge in [-0.25, -0.2) is 4.98 Å². The van der Waals surface area contributed by atoms with Crippen molar-refractivity contribution in [1.82, 2.24) is 9.88 Å². The Morgan fingerprint density at radius 2 is 1.84 bits per heavy atom. The fraction of sp³-hybridized carbons (Fsp3) is 0.611. The normalized spacial score (nSPS) is 19.1. The van der Waals surface area contributed by atoms with Crippen molar-refractivity contribution in [3.05, 3.63) is 22.8 Å². The van der Waals surface area contributed by atoms with Crippen molar-refractivity contribution in [1.29, 1.82) is 0 Å². The van der Waals surface area contributed by atoms with Gasteiger partial charge in [0.2, 0.25) is 5.91 Å². The number of nitrogens with zero attached hydrogens (tertiary/aromatic N) is 3. The highest BCUT2D eigenvalue weighted by Crippen LogP contribution is 2.29. The molecule has 0 saturated carbocycles. The largest absolute Gasteiger partial charge is 0.370 e. The van der Waals surface area contributed by atoms with E-state index in [0.29, 0.717) is 22.9 Å². The third-order valence-electron chi connectivity index (χ3n) is 5.12. The second kappa shape index (κ2) is 8.04.